The smallest absolute Gasteiger partial charge is 0.416 e. The lowest BCUT2D eigenvalue weighted by molar-refractivity contribution is -0.138. The molecule has 0 fully saturated rings. The number of rotatable bonds is 5. The molecular formula is C15H10Cl2F4N2O2S. The number of benzene rings is 1. The van der Waals surface area contributed by atoms with E-state index in [-0.39, 0.29) is 22.0 Å². The fourth-order valence-electron chi connectivity index (χ4n) is 1.86. The van der Waals surface area contributed by atoms with Crippen molar-refractivity contribution in [3.63, 3.8) is 0 Å². The fraction of sp³-hybridized carbons (Fsp3) is 0.200. The molecule has 2 N–H and O–H groups in total. The Morgan fingerprint density at radius 3 is 2.54 bits per heavy atom. The number of carbonyl (C=O) groups excluding carboxylic acids is 1. The highest BCUT2D eigenvalue weighted by molar-refractivity contribution is 8.13. The number of hydrogen-bond donors (Lipinski definition) is 1. The van der Waals surface area contributed by atoms with Crippen molar-refractivity contribution in [1.29, 1.82) is 0 Å². The van der Waals surface area contributed by atoms with Gasteiger partial charge in [0, 0.05) is 5.75 Å². The zero-order valence-electron chi connectivity index (χ0n) is 12.7. The van der Waals surface area contributed by atoms with E-state index < -0.39 is 40.3 Å². The third kappa shape index (κ3) is 4.93. The summed E-state index contributed by atoms with van der Waals surface area (Å²) in [5.74, 6) is -1.77. The van der Waals surface area contributed by atoms with E-state index in [4.69, 9.17) is 33.7 Å². The molecule has 1 heterocycles. The van der Waals surface area contributed by atoms with Crippen molar-refractivity contribution in [2.24, 2.45) is 0 Å². The summed E-state index contributed by atoms with van der Waals surface area (Å²) in [5, 5.41) is -1.35. The van der Waals surface area contributed by atoms with Gasteiger partial charge in [0.05, 0.1) is 11.3 Å². The molecule has 26 heavy (non-hydrogen) atoms. The molecule has 1 aromatic carbocycles. The van der Waals surface area contributed by atoms with Gasteiger partial charge in [0.15, 0.2) is 6.61 Å². The molecule has 140 valence electrons. The highest BCUT2D eigenvalue weighted by Gasteiger charge is 2.32. The molecule has 0 saturated carbocycles. The number of pyridine rings is 1. The summed E-state index contributed by atoms with van der Waals surface area (Å²) in [6, 6.07) is 4.90. The van der Waals surface area contributed by atoms with Crippen LogP contribution in [0, 0.1) is 5.95 Å². The van der Waals surface area contributed by atoms with Crippen molar-refractivity contribution in [3.05, 3.63) is 51.4 Å². The second-order valence-electron chi connectivity index (χ2n) is 4.85. The summed E-state index contributed by atoms with van der Waals surface area (Å²) in [4.78, 5) is 15.2. The van der Waals surface area contributed by atoms with Gasteiger partial charge in [0.2, 0.25) is 16.9 Å². The van der Waals surface area contributed by atoms with Crippen LogP contribution in [0.15, 0.2) is 24.3 Å². The van der Waals surface area contributed by atoms with E-state index in [0.717, 1.165) is 6.07 Å². The van der Waals surface area contributed by atoms with Gasteiger partial charge >= 0.3 is 6.18 Å². The SMILES string of the molecule is Nc1c(Cl)c(F)nc(OCC(=O)SCc2ccccc2C(F)(F)F)c1Cl. The van der Waals surface area contributed by atoms with Gasteiger partial charge in [-0.25, -0.2) is 0 Å². The number of nitrogen functional groups attached to an aromatic ring is 1. The maximum absolute atomic E-state index is 13.4. The average Bonchev–Trinajstić information content (AvgIpc) is 2.59. The van der Waals surface area contributed by atoms with Crippen LogP contribution in [0.1, 0.15) is 11.1 Å². The number of ether oxygens (including phenoxy) is 1. The highest BCUT2D eigenvalue weighted by atomic mass is 35.5. The number of nitrogens with zero attached hydrogens (tertiary/aromatic N) is 1. The number of thioether (sulfide) groups is 1. The van der Waals surface area contributed by atoms with Crippen molar-refractivity contribution in [3.8, 4) is 5.88 Å². The number of alkyl halides is 3. The van der Waals surface area contributed by atoms with E-state index in [2.05, 4.69) is 4.98 Å². The zero-order chi connectivity index (χ0) is 19.5. The number of hydrogen-bond acceptors (Lipinski definition) is 5. The molecule has 0 atom stereocenters. The number of carbonyl (C=O) groups is 1. The highest BCUT2D eigenvalue weighted by Crippen LogP contribution is 2.36. The summed E-state index contributed by atoms with van der Waals surface area (Å²) in [5.41, 5.74) is 4.30. The van der Waals surface area contributed by atoms with Crippen molar-refractivity contribution in [2.75, 3.05) is 12.3 Å². The fourth-order valence-corrected chi connectivity index (χ4v) is 2.94. The lowest BCUT2D eigenvalue weighted by Gasteiger charge is -2.12. The van der Waals surface area contributed by atoms with E-state index in [0.29, 0.717) is 11.8 Å². The van der Waals surface area contributed by atoms with Gasteiger partial charge in [-0.15, -0.1) is 0 Å². The van der Waals surface area contributed by atoms with Crippen LogP contribution in [0.5, 0.6) is 5.88 Å². The summed E-state index contributed by atoms with van der Waals surface area (Å²) in [6.07, 6.45) is -4.52. The Morgan fingerprint density at radius 2 is 1.88 bits per heavy atom. The van der Waals surface area contributed by atoms with E-state index in [1.54, 1.807) is 0 Å². The van der Waals surface area contributed by atoms with Crippen LogP contribution in [0.3, 0.4) is 0 Å². The van der Waals surface area contributed by atoms with Crippen molar-refractivity contribution < 1.29 is 27.1 Å². The van der Waals surface area contributed by atoms with E-state index in [1.165, 1.54) is 18.2 Å². The molecule has 0 unspecified atom stereocenters. The van der Waals surface area contributed by atoms with Crippen molar-refractivity contribution in [2.45, 2.75) is 11.9 Å². The summed E-state index contributed by atoms with van der Waals surface area (Å²) >= 11 is 11.9. The number of nitrogens with two attached hydrogens (primary N) is 1. The molecule has 0 saturated heterocycles. The molecule has 0 radical (unpaired) electrons. The first-order chi connectivity index (χ1) is 12.1. The molecule has 1 aromatic heterocycles. The molecular weight excluding hydrogens is 419 g/mol. The molecule has 0 aliphatic heterocycles. The second kappa shape index (κ2) is 8.32. The Labute approximate surface area is 159 Å². The first-order valence-corrected chi connectivity index (χ1v) is 8.59. The molecule has 0 amide bonds. The van der Waals surface area contributed by atoms with Crippen LogP contribution in [0.4, 0.5) is 23.2 Å². The molecule has 2 aromatic rings. The maximum atomic E-state index is 13.4. The quantitative estimate of drug-likeness (QED) is 0.537. The van der Waals surface area contributed by atoms with Crippen LogP contribution < -0.4 is 10.5 Å². The van der Waals surface area contributed by atoms with Crippen LogP contribution in [-0.2, 0) is 16.7 Å². The predicted molar refractivity (Wildman–Crippen MR) is 91.9 cm³/mol. The van der Waals surface area contributed by atoms with Gasteiger partial charge in [0.1, 0.15) is 10.0 Å². The minimum absolute atomic E-state index is 0.0451. The summed E-state index contributed by atoms with van der Waals surface area (Å²) in [6.45, 7) is -0.591. The largest absolute Gasteiger partial charge is 0.467 e. The Morgan fingerprint density at radius 1 is 1.23 bits per heavy atom. The van der Waals surface area contributed by atoms with E-state index >= 15 is 0 Å². The number of halogens is 6. The number of aromatic nitrogens is 1. The van der Waals surface area contributed by atoms with Crippen LogP contribution in [0.2, 0.25) is 10.0 Å². The van der Waals surface area contributed by atoms with Gasteiger partial charge < -0.3 is 10.5 Å². The maximum Gasteiger partial charge on any atom is 0.416 e. The standard InChI is InChI=1S/C15H10Cl2F4N2O2S/c16-10-12(22)11(17)14(23-13(10)18)25-5-9(24)26-6-7-3-1-2-4-8(7)15(19,20)21/h1-4H,5-6H2,(H2,22,23). The summed E-state index contributed by atoms with van der Waals surface area (Å²) < 4.78 is 57.1. The Hall–Kier alpha value is -1.71. The van der Waals surface area contributed by atoms with Gasteiger partial charge in [0.25, 0.3) is 0 Å². The molecule has 0 aliphatic carbocycles. The van der Waals surface area contributed by atoms with Gasteiger partial charge in [-0.3, -0.25) is 4.79 Å². The predicted octanol–water partition coefficient (Wildman–Crippen LogP) is 4.97. The first-order valence-electron chi connectivity index (χ1n) is 6.84. The molecule has 2 rings (SSSR count). The normalized spacial score (nSPS) is 11.5. The topological polar surface area (TPSA) is 65.2 Å². The van der Waals surface area contributed by atoms with Crippen molar-refractivity contribution in [1.82, 2.24) is 4.98 Å². The van der Waals surface area contributed by atoms with Crippen LogP contribution >= 0.6 is 35.0 Å². The Bertz CT molecular complexity index is 834. The van der Waals surface area contributed by atoms with Gasteiger partial charge in [-0.1, -0.05) is 53.2 Å². The number of anilines is 1. The molecule has 4 nitrogen and oxygen atoms in total. The van der Waals surface area contributed by atoms with E-state index in [9.17, 15) is 22.4 Å². The molecule has 0 spiro atoms. The van der Waals surface area contributed by atoms with Crippen LogP contribution in [0.25, 0.3) is 0 Å². The summed E-state index contributed by atoms with van der Waals surface area (Å²) in [7, 11) is 0. The molecule has 11 heteroatoms. The molecule has 0 bridgehead atoms. The van der Waals surface area contributed by atoms with Crippen LogP contribution in [-0.4, -0.2) is 16.7 Å². The van der Waals surface area contributed by atoms with Gasteiger partial charge in [-0.05, 0) is 11.6 Å². The first kappa shape index (κ1) is 20.6. The Kier molecular flexibility index (Phi) is 6.59. The lowest BCUT2D eigenvalue weighted by atomic mass is 10.1. The van der Waals surface area contributed by atoms with Crippen molar-refractivity contribution >= 4 is 45.8 Å². The minimum Gasteiger partial charge on any atom is -0.467 e. The second-order valence-corrected chi connectivity index (χ2v) is 6.64. The lowest BCUT2D eigenvalue weighted by Crippen LogP contribution is -2.12. The van der Waals surface area contributed by atoms with Gasteiger partial charge in [-0.2, -0.15) is 22.5 Å². The average molecular weight is 429 g/mol. The van der Waals surface area contributed by atoms with E-state index in [1.807, 2.05) is 0 Å². The third-order valence-corrected chi connectivity index (χ3v) is 4.70. The zero-order valence-corrected chi connectivity index (χ0v) is 15.1. The third-order valence-electron chi connectivity index (χ3n) is 3.08. The minimum atomic E-state index is -4.52. The molecule has 0 aliphatic rings. The monoisotopic (exact) mass is 428 g/mol. The Balaban J connectivity index is 1.99.